The van der Waals surface area contributed by atoms with E-state index in [1.54, 1.807) is 12.1 Å². The predicted octanol–water partition coefficient (Wildman–Crippen LogP) is 2.36. The highest BCUT2D eigenvalue weighted by Crippen LogP contribution is 2.27. The second kappa shape index (κ2) is 9.12. The van der Waals surface area contributed by atoms with Gasteiger partial charge in [-0.15, -0.1) is 0 Å². The third kappa shape index (κ3) is 5.53. The number of esters is 1. The summed E-state index contributed by atoms with van der Waals surface area (Å²) in [6, 6.07) is 9.60. The molecule has 2 aromatic rings. The van der Waals surface area contributed by atoms with Gasteiger partial charge in [0.2, 0.25) is 5.91 Å². The maximum Gasteiger partial charge on any atom is 0.338 e. The Labute approximate surface area is 159 Å². The Morgan fingerprint density at radius 3 is 2.50 bits per heavy atom. The lowest BCUT2D eigenvalue weighted by atomic mass is 10.2. The van der Waals surface area contributed by atoms with E-state index in [0.29, 0.717) is 11.4 Å². The number of ether oxygens (including phenoxy) is 2. The summed E-state index contributed by atoms with van der Waals surface area (Å²) in [5.41, 5.74) is 0.396. The summed E-state index contributed by atoms with van der Waals surface area (Å²) in [5, 5.41) is 15.8. The molecule has 0 unspecified atom stereocenters. The molecule has 0 heterocycles. The Kier molecular flexibility index (Phi) is 6.63. The van der Waals surface area contributed by atoms with Crippen LogP contribution in [0.3, 0.4) is 0 Å². The zero-order valence-corrected chi connectivity index (χ0v) is 15.1. The molecule has 0 radical (unpaired) electrons. The van der Waals surface area contributed by atoms with Gasteiger partial charge in [-0.1, -0.05) is 6.07 Å². The number of carbonyl (C=O) groups excluding carboxylic acids is 3. The van der Waals surface area contributed by atoms with E-state index in [0.717, 1.165) is 6.07 Å². The van der Waals surface area contributed by atoms with Crippen LogP contribution in [0.5, 0.6) is 5.75 Å². The molecule has 0 bridgehead atoms. The summed E-state index contributed by atoms with van der Waals surface area (Å²) in [6.07, 6.45) is 0. The largest absolute Gasteiger partial charge is 0.495 e. The van der Waals surface area contributed by atoms with Gasteiger partial charge in [0.05, 0.1) is 23.3 Å². The average molecular weight is 387 g/mol. The Morgan fingerprint density at radius 1 is 1.11 bits per heavy atom. The predicted molar refractivity (Wildman–Crippen MR) is 99.3 cm³/mol. The van der Waals surface area contributed by atoms with Gasteiger partial charge >= 0.3 is 5.97 Å². The SMILES string of the molecule is COc1ccc(NC(C)=O)cc1NC(=O)COC(=O)c1cccc([N+](=O)[O-])c1. The number of nitro benzene ring substituents is 1. The first-order valence-electron chi connectivity index (χ1n) is 7.97. The van der Waals surface area contributed by atoms with Crippen molar-refractivity contribution >= 4 is 34.8 Å². The molecule has 0 saturated carbocycles. The van der Waals surface area contributed by atoms with Crippen molar-refractivity contribution in [3.05, 3.63) is 58.1 Å². The van der Waals surface area contributed by atoms with Crippen LogP contribution in [0, 0.1) is 10.1 Å². The minimum absolute atomic E-state index is 0.0489. The highest BCUT2D eigenvalue weighted by molar-refractivity contribution is 5.97. The molecule has 146 valence electrons. The van der Waals surface area contributed by atoms with Gasteiger partial charge < -0.3 is 20.1 Å². The van der Waals surface area contributed by atoms with E-state index in [2.05, 4.69) is 10.6 Å². The van der Waals surface area contributed by atoms with Gasteiger partial charge in [0, 0.05) is 24.7 Å². The van der Waals surface area contributed by atoms with Gasteiger partial charge in [0.15, 0.2) is 6.61 Å². The summed E-state index contributed by atoms with van der Waals surface area (Å²) in [6.45, 7) is 0.727. The number of amides is 2. The smallest absolute Gasteiger partial charge is 0.338 e. The topological polar surface area (TPSA) is 137 Å². The molecule has 2 amide bonds. The first-order valence-corrected chi connectivity index (χ1v) is 7.97. The summed E-state index contributed by atoms with van der Waals surface area (Å²) in [4.78, 5) is 45.3. The van der Waals surface area contributed by atoms with E-state index >= 15 is 0 Å². The normalized spacial score (nSPS) is 9.93. The van der Waals surface area contributed by atoms with E-state index in [-0.39, 0.29) is 22.8 Å². The first kappa shape index (κ1) is 20.4. The fraction of sp³-hybridized carbons (Fsp3) is 0.167. The van der Waals surface area contributed by atoms with Crippen LogP contribution in [0.15, 0.2) is 42.5 Å². The van der Waals surface area contributed by atoms with Crippen LogP contribution in [-0.2, 0) is 14.3 Å². The molecular formula is C18H17N3O7. The molecule has 2 N–H and O–H groups in total. The molecule has 0 spiro atoms. The first-order chi connectivity index (χ1) is 13.3. The van der Waals surface area contributed by atoms with E-state index in [1.165, 1.54) is 38.3 Å². The van der Waals surface area contributed by atoms with Crippen LogP contribution in [0.1, 0.15) is 17.3 Å². The standard InChI is InChI=1S/C18H17N3O7/c1-11(22)19-13-6-7-16(27-2)15(9-13)20-17(23)10-28-18(24)12-4-3-5-14(8-12)21(25)26/h3-9H,10H2,1-2H3,(H,19,22)(H,20,23). The van der Waals surface area contributed by atoms with Crippen LogP contribution < -0.4 is 15.4 Å². The number of rotatable bonds is 7. The van der Waals surface area contributed by atoms with Crippen molar-refractivity contribution in [2.24, 2.45) is 0 Å². The van der Waals surface area contributed by atoms with Crippen molar-refractivity contribution in [2.75, 3.05) is 24.4 Å². The number of anilines is 2. The second-order valence-electron chi connectivity index (χ2n) is 5.53. The van der Waals surface area contributed by atoms with Gasteiger partial charge in [-0.2, -0.15) is 0 Å². The van der Waals surface area contributed by atoms with Crippen LogP contribution in [0.2, 0.25) is 0 Å². The second-order valence-corrected chi connectivity index (χ2v) is 5.53. The van der Waals surface area contributed by atoms with Crippen molar-refractivity contribution in [3.8, 4) is 5.75 Å². The lowest BCUT2D eigenvalue weighted by Crippen LogP contribution is -2.21. The number of nitro groups is 1. The lowest BCUT2D eigenvalue weighted by molar-refractivity contribution is -0.384. The van der Waals surface area contributed by atoms with Gasteiger partial charge in [0.1, 0.15) is 5.75 Å². The van der Waals surface area contributed by atoms with E-state index in [1.807, 2.05) is 0 Å². The zero-order valence-electron chi connectivity index (χ0n) is 15.1. The Balaban J connectivity index is 2.02. The molecule has 0 aromatic heterocycles. The van der Waals surface area contributed by atoms with E-state index in [9.17, 15) is 24.5 Å². The minimum Gasteiger partial charge on any atom is -0.495 e. The molecule has 0 aliphatic heterocycles. The number of hydrogen-bond acceptors (Lipinski definition) is 7. The van der Waals surface area contributed by atoms with Crippen molar-refractivity contribution in [1.29, 1.82) is 0 Å². The molecule has 0 aliphatic carbocycles. The maximum absolute atomic E-state index is 12.1. The molecule has 2 rings (SSSR count). The van der Waals surface area contributed by atoms with Crippen molar-refractivity contribution in [3.63, 3.8) is 0 Å². The fourth-order valence-electron chi connectivity index (χ4n) is 2.23. The number of methoxy groups -OCH3 is 1. The number of carbonyl (C=O) groups is 3. The van der Waals surface area contributed by atoms with Crippen LogP contribution >= 0.6 is 0 Å². The highest BCUT2D eigenvalue weighted by atomic mass is 16.6. The van der Waals surface area contributed by atoms with Crippen LogP contribution in [0.4, 0.5) is 17.1 Å². The Hall–Kier alpha value is -3.95. The maximum atomic E-state index is 12.1. The minimum atomic E-state index is -0.877. The number of nitrogens with one attached hydrogen (secondary N) is 2. The molecule has 10 nitrogen and oxygen atoms in total. The molecule has 0 aliphatic rings. The third-order valence-electron chi connectivity index (χ3n) is 3.42. The van der Waals surface area contributed by atoms with Gasteiger partial charge in [0.25, 0.3) is 11.6 Å². The van der Waals surface area contributed by atoms with Crippen molar-refractivity contribution < 1.29 is 28.8 Å². The molecule has 0 atom stereocenters. The van der Waals surface area contributed by atoms with Crippen molar-refractivity contribution in [1.82, 2.24) is 0 Å². The Bertz CT molecular complexity index is 927. The van der Waals surface area contributed by atoms with Crippen molar-refractivity contribution in [2.45, 2.75) is 6.92 Å². The number of non-ortho nitro benzene ring substituents is 1. The lowest BCUT2D eigenvalue weighted by Gasteiger charge is -2.12. The van der Waals surface area contributed by atoms with E-state index < -0.39 is 23.4 Å². The highest BCUT2D eigenvalue weighted by Gasteiger charge is 2.15. The fourth-order valence-corrected chi connectivity index (χ4v) is 2.23. The summed E-state index contributed by atoms with van der Waals surface area (Å²) in [7, 11) is 1.41. The number of benzene rings is 2. The molecule has 10 heteroatoms. The third-order valence-corrected chi connectivity index (χ3v) is 3.42. The molecule has 0 saturated heterocycles. The Morgan fingerprint density at radius 2 is 1.86 bits per heavy atom. The number of hydrogen-bond donors (Lipinski definition) is 2. The van der Waals surface area contributed by atoms with Gasteiger partial charge in [-0.25, -0.2) is 4.79 Å². The van der Waals surface area contributed by atoms with Crippen LogP contribution in [0.25, 0.3) is 0 Å². The zero-order chi connectivity index (χ0) is 20.7. The van der Waals surface area contributed by atoms with Gasteiger partial charge in [-0.05, 0) is 24.3 Å². The summed E-state index contributed by atoms with van der Waals surface area (Å²) < 4.78 is 10.0. The summed E-state index contributed by atoms with van der Waals surface area (Å²) in [5.74, 6) is -1.48. The van der Waals surface area contributed by atoms with Crippen LogP contribution in [-0.4, -0.2) is 36.4 Å². The molecular weight excluding hydrogens is 370 g/mol. The summed E-state index contributed by atoms with van der Waals surface area (Å²) >= 11 is 0. The molecule has 28 heavy (non-hydrogen) atoms. The quantitative estimate of drug-likeness (QED) is 0.423. The van der Waals surface area contributed by atoms with Gasteiger partial charge in [-0.3, -0.25) is 19.7 Å². The van der Waals surface area contributed by atoms with E-state index in [4.69, 9.17) is 9.47 Å². The molecule has 2 aromatic carbocycles. The average Bonchev–Trinajstić information content (AvgIpc) is 2.66. The monoisotopic (exact) mass is 387 g/mol. The molecule has 0 fully saturated rings. The number of nitrogens with zero attached hydrogens (tertiary/aromatic N) is 1.